The molecule has 1 heterocycles. The second kappa shape index (κ2) is 12.0. The van der Waals surface area contributed by atoms with Crippen molar-refractivity contribution in [3.05, 3.63) is 130 Å². The highest BCUT2D eigenvalue weighted by Crippen LogP contribution is 2.18. The number of nitrogens with zero attached hydrogens (tertiary/aromatic N) is 2. The third kappa shape index (κ3) is 7.08. The lowest BCUT2D eigenvalue weighted by atomic mass is 10.1. The average Bonchev–Trinajstić information content (AvgIpc) is 3.36. The van der Waals surface area contributed by atoms with E-state index in [9.17, 15) is 4.79 Å². The van der Waals surface area contributed by atoms with Gasteiger partial charge >= 0.3 is 0 Å². The van der Waals surface area contributed by atoms with Gasteiger partial charge in [-0.1, -0.05) is 97.1 Å². The molecule has 0 N–H and O–H groups in total. The minimum Gasteiger partial charge on any atom is -0.297 e. The number of hydrogen-bond donors (Lipinski definition) is 0. The Morgan fingerprint density at radius 3 is 1.53 bits per heavy atom. The van der Waals surface area contributed by atoms with Crippen molar-refractivity contribution in [1.29, 1.82) is 0 Å². The van der Waals surface area contributed by atoms with E-state index in [1.165, 1.54) is 11.3 Å². The molecule has 0 spiro atoms. The highest BCUT2D eigenvalue weighted by atomic mass is 32.1. The minimum atomic E-state index is -0.239. The van der Waals surface area contributed by atoms with E-state index < -0.39 is 0 Å². The molecule has 0 radical (unpaired) electrons. The topological polar surface area (TPSA) is 41.8 Å². The normalized spacial score (nSPS) is 11.7. The lowest BCUT2D eigenvalue weighted by molar-refractivity contribution is 0.112. The first-order valence-electron chi connectivity index (χ1n) is 9.55. The molecule has 30 heavy (non-hydrogen) atoms. The second-order valence-electron chi connectivity index (χ2n) is 6.30. The fourth-order valence-electron chi connectivity index (χ4n) is 2.59. The van der Waals surface area contributed by atoms with Gasteiger partial charge < -0.3 is 0 Å². The van der Waals surface area contributed by atoms with Crippen molar-refractivity contribution >= 4 is 30.1 Å². The third-order valence-corrected chi connectivity index (χ3v) is 4.88. The summed E-state index contributed by atoms with van der Waals surface area (Å²) >= 11 is 1.45. The lowest BCUT2D eigenvalue weighted by Crippen LogP contribution is -1.94. The molecule has 0 saturated heterocycles. The zero-order valence-corrected chi connectivity index (χ0v) is 17.2. The second-order valence-corrected chi connectivity index (χ2v) is 7.27. The van der Waals surface area contributed by atoms with Crippen molar-refractivity contribution in [1.82, 2.24) is 0 Å². The predicted octanol–water partition coefficient (Wildman–Crippen LogP) is 6.48. The maximum absolute atomic E-state index is 9.88. The van der Waals surface area contributed by atoms with Gasteiger partial charge in [-0.25, -0.2) is 0 Å². The van der Waals surface area contributed by atoms with Crippen LogP contribution in [0.1, 0.15) is 32.5 Å². The first-order chi connectivity index (χ1) is 14.8. The molecule has 3 nitrogen and oxygen atoms in total. The molecule has 0 unspecified atom stereocenters. The fraction of sp³-hybridized carbons (Fsp3) is 0.0385. The molecule has 3 aromatic carbocycles. The minimum absolute atomic E-state index is 0.239. The number of carbonyl (C=O) groups is 1. The van der Waals surface area contributed by atoms with Crippen LogP contribution in [0.4, 0.5) is 0 Å². The summed E-state index contributed by atoms with van der Waals surface area (Å²) in [7, 11) is 0. The van der Waals surface area contributed by atoms with Gasteiger partial charge in [-0.2, -0.15) is 0 Å². The summed E-state index contributed by atoms with van der Waals surface area (Å²) in [5.41, 5.74) is 3.22. The van der Waals surface area contributed by atoms with E-state index in [1.807, 2.05) is 103 Å². The van der Waals surface area contributed by atoms with Crippen molar-refractivity contribution in [3.63, 3.8) is 0 Å². The number of benzene rings is 3. The van der Waals surface area contributed by atoms with E-state index >= 15 is 0 Å². The van der Waals surface area contributed by atoms with E-state index in [0.29, 0.717) is 0 Å². The van der Waals surface area contributed by atoms with Crippen LogP contribution >= 0.6 is 11.3 Å². The van der Waals surface area contributed by atoms with Crippen molar-refractivity contribution in [2.75, 3.05) is 0 Å². The van der Waals surface area contributed by atoms with Gasteiger partial charge in [0.2, 0.25) is 0 Å². The van der Waals surface area contributed by atoms with Crippen LogP contribution in [0.3, 0.4) is 0 Å². The Morgan fingerprint density at radius 1 is 0.633 bits per heavy atom. The number of thiophene rings is 1. The molecule has 0 amide bonds. The van der Waals surface area contributed by atoms with Crippen LogP contribution in [0.2, 0.25) is 0 Å². The van der Waals surface area contributed by atoms with Crippen LogP contribution in [0.25, 0.3) is 0 Å². The van der Waals surface area contributed by atoms with Crippen LogP contribution in [0, 0.1) is 0 Å². The molecular formula is C26H22N2OS. The Labute approximate surface area is 181 Å². The molecular weight excluding hydrogens is 388 g/mol. The predicted molar refractivity (Wildman–Crippen MR) is 127 cm³/mol. The first kappa shape index (κ1) is 21.1. The summed E-state index contributed by atoms with van der Waals surface area (Å²) < 4.78 is 0. The number of aliphatic imine (C=N–C) groups is 2. The van der Waals surface area contributed by atoms with Crippen molar-refractivity contribution in [2.45, 2.75) is 6.17 Å². The summed E-state index contributed by atoms with van der Waals surface area (Å²) in [6.45, 7) is 0. The number of rotatable bonds is 6. The van der Waals surface area contributed by atoms with E-state index in [1.54, 1.807) is 6.07 Å². The summed E-state index contributed by atoms with van der Waals surface area (Å²) in [6.07, 6.45) is 4.36. The van der Waals surface area contributed by atoms with E-state index in [4.69, 9.17) is 0 Å². The van der Waals surface area contributed by atoms with Gasteiger partial charge in [0.25, 0.3) is 0 Å². The molecule has 4 heteroatoms. The Hall–Kier alpha value is -3.63. The largest absolute Gasteiger partial charge is 0.297 e. The molecule has 0 saturated carbocycles. The van der Waals surface area contributed by atoms with E-state index in [-0.39, 0.29) is 6.17 Å². The van der Waals surface area contributed by atoms with Crippen LogP contribution < -0.4 is 0 Å². The summed E-state index contributed by atoms with van der Waals surface area (Å²) in [5.74, 6) is 0. The number of aldehydes is 1. The van der Waals surface area contributed by atoms with E-state index in [2.05, 4.69) is 22.1 Å². The van der Waals surface area contributed by atoms with Crippen molar-refractivity contribution in [3.8, 4) is 0 Å². The Morgan fingerprint density at radius 2 is 1.13 bits per heavy atom. The molecule has 4 aromatic rings. The van der Waals surface area contributed by atoms with Crippen LogP contribution in [-0.2, 0) is 0 Å². The highest BCUT2D eigenvalue weighted by molar-refractivity contribution is 7.11. The lowest BCUT2D eigenvalue weighted by Gasteiger charge is -2.07. The Balaban J connectivity index is 0.000000310. The van der Waals surface area contributed by atoms with Crippen LogP contribution in [0.15, 0.2) is 118 Å². The van der Waals surface area contributed by atoms with Gasteiger partial charge in [0, 0.05) is 12.4 Å². The molecule has 0 aliphatic carbocycles. The maximum atomic E-state index is 9.88. The average molecular weight is 411 g/mol. The Bertz CT molecular complexity index is 995. The quantitative estimate of drug-likeness (QED) is 0.265. The molecule has 0 aliphatic rings. The SMILES string of the molecule is C(=NC(N=Cc1ccccc1)c1ccccc1)c1ccccc1.O=Cc1cccs1. The third-order valence-electron chi connectivity index (χ3n) is 4.09. The monoisotopic (exact) mass is 410 g/mol. The van der Waals surface area contributed by atoms with Gasteiger partial charge in [0.05, 0.1) is 4.88 Å². The highest BCUT2D eigenvalue weighted by Gasteiger charge is 2.05. The molecule has 148 valence electrons. The molecule has 0 fully saturated rings. The van der Waals surface area contributed by atoms with E-state index in [0.717, 1.165) is 27.9 Å². The summed E-state index contributed by atoms with van der Waals surface area (Å²) in [6, 6.07) is 33.9. The summed E-state index contributed by atoms with van der Waals surface area (Å²) in [4.78, 5) is 20.0. The van der Waals surface area contributed by atoms with Crippen molar-refractivity contribution in [2.24, 2.45) is 9.98 Å². The Kier molecular flexibility index (Phi) is 8.47. The molecule has 0 aliphatic heterocycles. The van der Waals surface area contributed by atoms with Crippen LogP contribution in [-0.4, -0.2) is 18.7 Å². The zero-order valence-electron chi connectivity index (χ0n) is 16.4. The standard InChI is InChI=1S/C21H18N2.C5H4OS/c1-4-10-18(11-5-1)16-22-21(20-14-8-3-9-15-20)23-17-19-12-6-2-7-13-19;6-4-5-2-1-3-7-5/h1-17,21H;1-4H. The summed E-state index contributed by atoms with van der Waals surface area (Å²) in [5, 5.41) is 1.88. The van der Waals surface area contributed by atoms with Gasteiger partial charge in [-0.15, -0.1) is 11.3 Å². The van der Waals surface area contributed by atoms with Gasteiger partial charge in [-0.3, -0.25) is 14.8 Å². The maximum Gasteiger partial charge on any atom is 0.165 e. The van der Waals surface area contributed by atoms with Crippen molar-refractivity contribution < 1.29 is 4.79 Å². The molecule has 0 atom stereocenters. The number of carbonyl (C=O) groups excluding carboxylic acids is 1. The first-order valence-corrected chi connectivity index (χ1v) is 10.4. The fourth-order valence-corrected chi connectivity index (χ4v) is 3.11. The van der Waals surface area contributed by atoms with Gasteiger partial charge in [0.15, 0.2) is 12.5 Å². The van der Waals surface area contributed by atoms with Gasteiger partial charge in [-0.05, 0) is 28.1 Å². The molecule has 0 bridgehead atoms. The zero-order chi connectivity index (χ0) is 20.9. The smallest absolute Gasteiger partial charge is 0.165 e. The van der Waals surface area contributed by atoms with Gasteiger partial charge in [0.1, 0.15) is 0 Å². The number of hydrogen-bond acceptors (Lipinski definition) is 4. The molecule has 4 rings (SSSR count). The van der Waals surface area contributed by atoms with Crippen LogP contribution in [0.5, 0.6) is 0 Å². The molecule has 1 aromatic heterocycles.